The molecular formula is C22H26O10. The lowest BCUT2D eigenvalue weighted by atomic mass is 9.95. The van der Waals surface area contributed by atoms with Gasteiger partial charge in [-0.25, -0.2) is 4.79 Å². The fourth-order valence-electron chi connectivity index (χ4n) is 3.92. The van der Waals surface area contributed by atoms with E-state index in [-0.39, 0.29) is 6.61 Å². The average Bonchev–Trinajstić information content (AvgIpc) is 3.15. The number of aliphatic hydroxyl groups is 3. The third-order valence-electron chi connectivity index (χ3n) is 5.79. The summed E-state index contributed by atoms with van der Waals surface area (Å²) < 4.78 is 27.7. The Labute approximate surface area is 183 Å². The van der Waals surface area contributed by atoms with Crippen molar-refractivity contribution in [3.63, 3.8) is 0 Å². The molecule has 6 atom stereocenters. The topological polar surface area (TPSA) is 145 Å². The first-order valence-electron chi connectivity index (χ1n) is 10.3. The molecular weight excluding hydrogens is 424 g/mol. The van der Waals surface area contributed by atoms with Crippen LogP contribution in [0.25, 0.3) is 11.0 Å². The van der Waals surface area contributed by atoms with Crippen molar-refractivity contribution in [3.05, 3.63) is 40.2 Å². The Kier molecular flexibility index (Phi) is 5.99. The molecule has 6 unspecified atom stereocenters. The summed E-state index contributed by atoms with van der Waals surface area (Å²) in [6.45, 7) is 4.40. The van der Waals surface area contributed by atoms with Crippen molar-refractivity contribution in [2.75, 3.05) is 6.61 Å². The number of ether oxygens (including phenoxy) is 4. The van der Waals surface area contributed by atoms with Crippen LogP contribution in [0.15, 0.2) is 33.5 Å². The molecule has 0 spiro atoms. The van der Waals surface area contributed by atoms with Gasteiger partial charge in [-0.05, 0) is 31.5 Å². The SMILES string of the molecule is CC(=O)OCC1OC(OC(C)(C)C2Cc3cc4ccc(=O)oc4cc3O2)C(O)C(O)C1O. The lowest BCUT2D eigenvalue weighted by Crippen LogP contribution is -2.61. The standard InChI is InChI=1S/C22H26O10/c1-10(23)28-9-15-18(25)19(26)20(27)21(31-15)32-22(2,3)16-7-12-6-11-4-5-17(24)30-13(11)8-14(12)29-16/h4-6,8,15-16,18-21,25-27H,7,9H2,1-3H3. The molecule has 1 aromatic heterocycles. The summed E-state index contributed by atoms with van der Waals surface area (Å²) in [5, 5.41) is 31.5. The van der Waals surface area contributed by atoms with Crippen molar-refractivity contribution in [1.29, 1.82) is 0 Å². The molecule has 0 radical (unpaired) electrons. The van der Waals surface area contributed by atoms with E-state index >= 15 is 0 Å². The van der Waals surface area contributed by atoms with E-state index in [1.165, 1.54) is 13.0 Å². The third kappa shape index (κ3) is 4.37. The Balaban J connectivity index is 1.49. The van der Waals surface area contributed by atoms with Crippen LogP contribution in [0.2, 0.25) is 0 Å². The minimum Gasteiger partial charge on any atom is -0.487 e. The van der Waals surface area contributed by atoms with Crippen molar-refractivity contribution in [2.45, 2.75) is 69.6 Å². The van der Waals surface area contributed by atoms with Crippen molar-refractivity contribution < 1.29 is 43.5 Å². The minimum atomic E-state index is -1.56. The molecule has 4 rings (SSSR count). The fraction of sp³-hybridized carbons (Fsp3) is 0.545. The van der Waals surface area contributed by atoms with E-state index in [0.29, 0.717) is 17.8 Å². The molecule has 174 valence electrons. The van der Waals surface area contributed by atoms with Gasteiger partial charge in [0, 0.05) is 30.9 Å². The smallest absolute Gasteiger partial charge is 0.336 e. The van der Waals surface area contributed by atoms with E-state index in [4.69, 9.17) is 23.4 Å². The normalized spacial score (nSPS) is 30.1. The maximum atomic E-state index is 11.5. The lowest BCUT2D eigenvalue weighted by Gasteiger charge is -2.43. The highest BCUT2D eigenvalue weighted by Crippen LogP contribution is 2.38. The molecule has 0 bridgehead atoms. The second-order valence-electron chi connectivity index (χ2n) is 8.60. The first kappa shape index (κ1) is 22.7. The van der Waals surface area contributed by atoms with Gasteiger partial charge in [-0.2, -0.15) is 0 Å². The summed E-state index contributed by atoms with van der Waals surface area (Å²) in [5.74, 6) is -0.0126. The van der Waals surface area contributed by atoms with Gasteiger partial charge in [0.25, 0.3) is 0 Å². The molecule has 2 aliphatic heterocycles. The van der Waals surface area contributed by atoms with Gasteiger partial charge in [-0.15, -0.1) is 0 Å². The zero-order valence-electron chi connectivity index (χ0n) is 17.9. The highest BCUT2D eigenvalue weighted by atomic mass is 16.7. The van der Waals surface area contributed by atoms with E-state index in [1.807, 2.05) is 6.07 Å². The molecule has 3 N–H and O–H groups in total. The summed E-state index contributed by atoms with van der Waals surface area (Å²) in [4.78, 5) is 22.6. The maximum absolute atomic E-state index is 11.5. The van der Waals surface area contributed by atoms with Gasteiger partial charge in [0.2, 0.25) is 0 Å². The van der Waals surface area contributed by atoms with Gasteiger partial charge in [0.1, 0.15) is 54.1 Å². The molecule has 0 saturated carbocycles. The van der Waals surface area contributed by atoms with Gasteiger partial charge in [0.15, 0.2) is 6.29 Å². The highest BCUT2D eigenvalue weighted by molar-refractivity contribution is 5.79. The number of rotatable bonds is 5. The van der Waals surface area contributed by atoms with E-state index in [9.17, 15) is 24.9 Å². The minimum absolute atomic E-state index is 0.302. The Morgan fingerprint density at radius 1 is 1.16 bits per heavy atom. The molecule has 2 aliphatic rings. The summed E-state index contributed by atoms with van der Waals surface area (Å²) in [6, 6.07) is 6.57. The molecule has 0 amide bonds. The van der Waals surface area contributed by atoms with Crippen LogP contribution in [0.3, 0.4) is 0 Å². The molecule has 0 aliphatic carbocycles. The van der Waals surface area contributed by atoms with Crippen LogP contribution in [-0.2, 0) is 25.4 Å². The maximum Gasteiger partial charge on any atom is 0.336 e. The summed E-state index contributed by atoms with van der Waals surface area (Å²) in [6.07, 6.45) is -6.91. The van der Waals surface area contributed by atoms with E-state index < -0.39 is 54.0 Å². The van der Waals surface area contributed by atoms with Crippen molar-refractivity contribution in [1.82, 2.24) is 0 Å². The van der Waals surface area contributed by atoms with Crippen LogP contribution in [0.1, 0.15) is 26.3 Å². The Morgan fingerprint density at radius 3 is 2.62 bits per heavy atom. The number of esters is 1. The van der Waals surface area contributed by atoms with Crippen LogP contribution in [-0.4, -0.2) is 70.3 Å². The van der Waals surface area contributed by atoms with Gasteiger partial charge < -0.3 is 38.7 Å². The van der Waals surface area contributed by atoms with E-state index in [0.717, 1.165) is 10.9 Å². The first-order valence-corrected chi connectivity index (χ1v) is 10.3. The van der Waals surface area contributed by atoms with Crippen molar-refractivity contribution >= 4 is 16.9 Å². The van der Waals surface area contributed by atoms with Crippen LogP contribution >= 0.6 is 0 Å². The fourth-order valence-corrected chi connectivity index (χ4v) is 3.92. The van der Waals surface area contributed by atoms with Crippen molar-refractivity contribution in [3.8, 4) is 5.75 Å². The van der Waals surface area contributed by atoms with Crippen LogP contribution < -0.4 is 10.4 Å². The summed E-state index contributed by atoms with van der Waals surface area (Å²) >= 11 is 0. The summed E-state index contributed by atoms with van der Waals surface area (Å²) in [7, 11) is 0. The number of fused-ring (bicyclic) bond motifs is 2. The zero-order chi connectivity index (χ0) is 23.2. The van der Waals surface area contributed by atoms with Gasteiger partial charge in [-0.1, -0.05) is 0 Å². The molecule has 2 aromatic rings. The first-order chi connectivity index (χ1) is 15.0. The number of carbonyl (C=O) groups is 1. The highest BCUT2D eigenvalue weighted by Gasteiger charge is 2.48. The predicted molar refractivity (Wildman–Crippen MR) is 109 cm³/mol. The number of hydrogen-bond donors (Lipinski definition) is 3. The molecule has 32 heavy (non-hydrogen) atoms. The molecule has 10 heteroatoms. The molecule has 1 saturated heterocycles. The number of aliphatic hydroxyl groups excluding tert-OH is 3. The van der Waals surface area contributed by atoms with Gasteiger partial charge >= 0.3 is 11.6 Å². The van der Waals surface area contributed by atoms with Crippen LogP contribution in [0, 0.1) is 0 Å². The lowest BCUT2D eigenvalue weighted by molar-refractivity contribution is -0.329. The second-order valence-corrected chi connectivity index (χ2v) is 8.60. The predicted octanol–water partition coefficient (Wildman–Crippen LogP) is 0.262. The number of carbonyl (C=O) groups excluding carboxylic acids is 1. The van der Waals surface area contributed by atoms with Crippen LogP contribution in [0.5, 0.6) is 5.75 Å². The van der Waals surface area contributed by atoms with E-state index in [1.54, 1.807) is 26.0 Å². The Morgan fingerprint density at radius 2 is 1.91 bits per heavy atom. The largest absolute Gasteiger partial charge is 0.487 e. The Hall–Kier alpha value is -2.50. The number of hydrogen-bond acceptors (Lipinski definition) is 10. The second kappa shape index (κ2) is 8.45. The monoisotopic (exact) mass is 450 g/mol. The third-order valence-corrected chi connectivity index (χ3v) is 5.79. The summed E-state index contributed by atoms with van der Waals surface area (Å²) in [5.41, 5.74) is -0.136. The Bertz CT molecular complexity index is 1060. The average molecular weight is 450 g/mol. The van der Waals surface area contributed by atoms with Gasteiger partial charge in [0.05, 0.1) is 0 Å². The van der Waals surface area contributed by atoms with Gasteiger partial charge in [-0.3, -0.25) is 4.79 Å². The van der Waals surface area contributed by atoms with Crippen LogP contribution in [0.4, 0.5) is 0 Å². The molecule has 1 aromatic carbocycles. The molecule has 3 heterocycles. The molecule has 1 fully saturated rings. The van der Waals surface area contributed by atoms with E-state index in [2.05, 4.69) is 0 Å². The molecule has 10 nitrogen and oxygen atoms in total. The quantitative estimate of drug-likeness (QED) is 0.428. The number of benzene rings is 1. The van der Waals surface area contributed by atoms with Crippen molar-refractivity contribution in [2.24, 2.45) is 0 Å². The zero-order valence-corrected chi connectivity index (χ0v) is 17.9.